The lowest BCUT2D eigenvalue weighted by Gasteiger charge is -2.14. The highest BCUT2D eigenvalue weighted by Gasteiger charge is 2.19. The maximum Gasteiger partial charge on any atom is 0.410 e. The maximum absolute atomic E-state index is 11.6. The third-order valence-electron chi connectivity index (χ3n) is 2.72. The Balaban J connectivity index is 1.86. The summed E-state index contributed by atoms with van der Waals surface area (Å²) in [6.07, 6.45) is 2.57. The first kappa shape index (κ1) is 12.3. The van der Waals surface area contributed by atoms with Crippen molar-refractivity contribution in [1.29, 1.82) is 0 Å². The van der Waals surface area contributed by atoms with Gasteiger partial charge in [0, 0.05) is 25.2 Å². The minimum atomic E-state index is -0.462. The molecule has 1 heterocycles. The molecule has 18 heavy (non-hydrogen) atoms. The van der Waals surface area contributed by atoms with E-state index in [4.69, 9.17) is 4.74 Å². The monoisotopic (exact) mass is 249 g/mol. The van der Waals surface area contributed by atoms with E-state index < -0.39 is 4.92 Å². The van der Waals surface area contributed by atoms with Gasteiger partial charge >= 0.3 is 6.09 Å². The molecule has 0 aromatic heterocycles. The molecule has 95 valence electrons. The molecular formula is C12H13N2O4. The van der Waals surface area contributed by atoms with Gasteiger partial charge in [-0.3, -0.25) is 10.1 Å². The zero-order valence-corrected chi connectivity index (χ0v) is 9.74. The van der Waals surface area contributed by atoms with Gasteiger partial charge in [-0.15, -0.1) is 0 Å². The fourth-order valence-corrected chi connectivity index (χ4v) is 1.70. The number of rotatable bonds is 3. The second-order valence-electron chi connectivity index (χ2n) is 4.00. The summed E-state index contributed by atoms with van der Waals surface area (Å²) in [5.41, 5.74) is 0.761. The van der Waals surface area contributed by atoms with Gasteiger partial charge in [-0.1, -0.05) is 0 Å². The number of hydrogen-bond acceptors (Lipinski definition) is 4. The Morgan fingerprint density at radius 1 is 1.39 bits per heavy atom. The SMILES string of the molecule is O=C(OCc1ccc([N+](=O)[O-])cc1)N1C[CH]CC1. The van der Waals surface area contributed by atoms with Gasteiger partial charge in [-0.25, -0.2) is 4.79 Å². The number of hydrogen-bond donors (Lipinski definition) is 0. The fourth-order valence-electron chi connectivity index (χ4n) is 1.70. The van der Waals surface area contributed by atoms with Crippen LogP contribution in [0, 0.1) is 16.5 Å². The molecule has 1 amide bonds. The number of nitro benzene ring substituents is 1. The lowest BCUT2D eigenvalue weighted by atomic mass is 10.2. The van der Waals surface area contributed by atoms with E-state index in [2.05, 4.69) is 0 Å². The smallest absolute Gasteiger partial charge is 0.410 e. The number of carbonyl (C=O) groups is 1. The van der Waals surface area contributed by atoms with Crippen molar-refractivity contribution in [3.63, 3.8) is 0 Å². The van der Waals surface area contributed by atoms with Crippen LogP contribution in [-0.2, 0) is 11.3 Å². The molecule has 6 heteroatoms. The summed E-state index contributed by atoms with van der Waals surface area (Å²) in [5, 5.41) is 10.5. The number of ether oxygens (including phenoxy) is 1. The summed E-state index contributed by atoms with van der Waals surface area (Å²) in [5.74, 6) is 0. The van der Waals surface area contributed by atoms with Crippen LogP contribution in [0.5, 0.6) is 0 Å². The van der Waals surface area contributed by atoms with E-state index >= 15 is 0 Å². The highest BCUT2D eigenvalue weighted by atomic mass is 16.6. The lowest BCUT2D eigenvalue weighted by molar-refractivity contribution is -0.384. The largest absolute Gasteiger partial charge is 0.445 e. The van der Waals surface area contributed by atoms with Gasteiger partial charge in [0.15, 0.2) is 0 Å². The molecule has 0 aliphatic carbocycles. The molecule has 0 N–H and O–H groups in total. The molecule has 6 nitrogen and oxygen atoms in total. The second-order valence-corrected chi connectivity index (χ2v) is 4.00. The van der Waals surface area contributed by atoms with Crippen LogP contribution in [0.15, 0.2) is 24.3 Å². The Kier molecular flexibility index (Phi) is 3.76. The van der Waals surface area contributed by atoms with E-state index in [1.807, 2.05) is 6.42 Å². The first-order valence-corrected chi connectivity index (χ1v) is 5.63. The van der Waals surface area contributed by atoms with Gasteiger partial charge in [0.1, 0.15) is 6.61 Å². The summed E-state index contributed by atoms with van der Waals surface area (Å²) >= 11 is 0. The number of non-ortho nitro benzene ring substituents is 1. The highest BCUT2D eigenvalue weighted by Crippen LogP contribution is 2.14. The molecule has 1 aliphatic heterocycles. The summed E-state index contributed by atoms with van der Waals surface area (Å²) in [4.78, 5) is 23.2. The zero-order valence-electron chi connectivity index (χ0n) is 9.74. The first-order valence-electron chi connectivity index (χ1n) is 5.63. The topological polar surface area (TPSA) is 72.7 Å². The van der Waals surface area contributed by atoms with Crippen molar-refractivity contribution in [3.8, 4) is 0 Å². The van der Waals surface area contributed by atoms with E-state index in [0.717, 1.165) is 12.0 Å². The zero-order chi connectivity index (χ0) is 13.0. The third-order valence-corrected chi connectivity index (χ3v) is 2.72. The molecule has 1 saturated heterocycles. The van der Waals surface area contributed by atoms with Crippen molar-refractivity contribution >= 4 is 11.8 Å². The minimum Gasteiger partial charge on any atom is -0.445 e. The van der Waals surface area contributed by atoms with E-state index in [9.17, 15) is 14.9 Å². The molecule has 0 spiro atoms. The van der Waals surface area contributed by atoms with Crippen LogP contribution in [0.4, 0.5) is 10.5 Å². The number of nitro groups is 1. The second kappa shape index (κ2) is 5.48. The number of carbonyl (C=O) groups excluding carboxylic acids is 1. The molecular weight excluding hydrogens is 236 g/mol. The molecule has 0 bridgehead atoms. The van der Waals surface area contributed by atoms with E-state index in [1.54, 1.807) is 17.0 Å². The standard InChI is InChI=1S/C12H13N2O4/c15-12(13-7-1-2-8-13)18-9-10-3-5-11(6-4-10)14(16)17/h1,3-6H,2,7-9H2. The Labute approximate surface area is 104 Å². The molecule has 1 aromatic rings. The van der Waals surface area contributed by atoms with Gasteiger partial charge in [-0.05, 0) is 30.5 Å². The van der Waals surface area contributed by atoms with Gasteiger partial charge in [-0.2, -0.15) is 0 Å². The average Bonchev–Trinajstić information content (AvgIpc) is 2.90. The van der Waals surface area contributed by atoms with Crippen LogP contribution in [0.1, 0.15) is 12.0 Å². The molecule has 1 aliphatic rings. The number of nitrogens with zero attached hydrogens (tertiary/aromatic N) is 2. The summed E-state index contributed by atoms with van der Waals surface area (Å²) < 4.78 is 5.11. The van der Waals surface area contributed by atoms with Gasteiger partial charge < -0.3 is 9.64 Å². The van der Waals surface area contributed by atoms with Gasteiger partial charge in [0.05, 0.1) is 4.92 Å². The predicted molar refractivity (Wildman–Crippen MR) is 63.8 cm³/mol. The molecule has 1 radical (unpaired) electrons. The molecule has 2 rings (SSSR count). The molecule has 0 saturated carbocycles. The number of amides is 1. The van der Waals surface area contributed by atoms with Crippen LogP contribution in [0.2, 0.25) is 0 Å². The summed E-state index contributed by atoms with van der Waals surface area (Å²) in [7, 11) is 0. The Hall–Kier alpha value is -2.11. The van der Waals surface area contributed by atoms with E-state index in [1.165, 1.54) is 12.1 Å². The predicted octanol–water partition coefficient (Wildman–Crippen LogP) is 2.14. The van der Waals surface area contributed by atoms with Crippen molar-refractivity contribution in [2.24, 2.45) is 0 Å². The van der Waals surface area contributed by atoms with E-state index in [0.29, 0.717) is 13.1 Å². The van der Waals surface area contributed by atoms with Gasteiger partial charge in [0.25, 0.3) is 5.69 Å². The number of likely N-dealkylation sites (tertiary alicyclic amines) is 1. The maximum atomic E-state index is 11.6. The van der Waals surface area contributed by atoms with Crippen LogP contribution in [0.3, 0.4) is 0 Å². The Bertz CT molecular complexity index is 438. The van der Waals surface area contributed by atoms with Crippen molar-refractivity contribution in [1.82, 2.24) is 4.90 Å². The van der Waals surface area contributed by atoms with Crippen molar-refractivity contribution in [2.45, 2.75) is 13.0 Å². The average molecular weight is 249 g/mol. The lowest BCUT2D eigenvalue weighted by Crippen LogP contribution is -2.28. The molecule has 0 unspecified atom stereocenters. The molecule has 1 aromatic carbocycles. The summed E-state index contributed by atoms with van der Waals surface area (Å²) in [6, 6.07) is 5.96. The van der Waals surface area contributed by atoms with Crippen molar-refractivity contribution < 1.29 is 14.5 Å². The Morgan fingerprint density at radius 2 is 2.11 bits per heavy atom. The number of benzene rings is 1. The molecule has 0 atom stereocenters. The van der Waals surface area contributed by atoms with E-state index in [-0.39, 0.29) is 18.4 Å². The van der Waals surface area contributed by atoms with Crippen LogP contribution >= 0.6 is 0 Å². The Morgan fingerprint density at radius 3 is 2.67 bits per heavy atom. The van der Waals surface area contributed by atoms with Crippen LogP contribution < -0.4 is 0 Å². The van der Waals surface area contributed by atoms with Crippen molar-refractivity contribution in [2.75, 3.05) is 13.1 Å². The molecule has 1 fully saturated rings. The van der Waals surface area contributed by atoms with Gasteiger partial charge in [0.2, 0.25) is 0 Å². The quantitative estimate of drug-likeness (QED) is 0.607. The van der Waals surface area contributed by atoms with Crippen LogP contribution in [-0.4, -0.2) is 29.0 Å². The summed E-state index contributed by atoms with van der Waals surface area (Å²) in [6.45, 7) is 1.45. The highest BCUT2D eigenvalue weighted by molar-refractivity contribution is 5.68. The van der Waals surface area contributed by atoms with Crippen molar-refractivity contribution in [3.05, 3.63) is 46.4 Å². The normalized spacial score (nSPS) is 14.6. The fraction of sp³-hybridized carbons (Fsp3) is 0.333. The van der Waals surface area contributed by atoms with Crippen LogP contribution in [0.25, 0.3) is 0 Å². The minimum absolute atomic E-state index is 0.0271. The third kappa shape index (κ3) is 2.97. The first-order chi connectivity index (χ1) is 8.66.